The van der Waals surface area contributed by atoms with Crippen LogP contribution >= 0.6 is 11.8 Å². The first-order valence-corrected chi connectivity index (χ1v) is 8.71. The predicted octanol–water partition coefficient (Wildman–Crippen LogP) is 3.19. The molecule has 0 heterocycles. The summed E-state index contributed by atoms with van der Waals surface area (Å²) >= 11 is 1.53. The molecule has 0 bridgehead atoms. The Morgan fingerprint density at radius 1 is 1.07 bits per heavy atom. The Balaban J connectivity index is 1.93. The first-order valence-electron chi connectivity index (χ1n) is 7.89. The highest BCUT2D eigenvalue weighted by atomic mass is 32.2. The van der Waals surface area contributed by atoms with Gasteiger partial charge < -0.3 is 19.4 Å². The van der Waals surface area contributed by atoms with E-state index in [1.165, 1.54) is 11.8 Å². The highest BCUT2D eigenvalue weighted by Gasteiger charge is 2.12. The molecule has 0 fully saturated rings. The zero-order chi connectivity index (χ0) is 19.6. The van der Waals surface area contributed by atoms with Crippen LogP contribution in [-0.2, 0) is 9.57 Å². The van der Waals surface area contributed by atoms with E-state index in [-0.39, 0.29) is 18.9 Å². The molecule has 142 valence electrons. The molecule has 0 amide bonds. The third-order valence-electron chi connectivity index (χ3n) is 3.23. The maximum Gasteiger partial charge on any atom is 0.532 e. The van der Waals surface area contributed by atoms with Crippen molar-refractivity contribution in [3.05, 3.63) is 66.4 Å². The van der Waals surface area contributed by atoms with Crippen LogP contribution in [0, 0.1) is 0 Å². The fraction of sp³-hybridized carbons (Fsp3) is 0.158. The Hall–Kier alpha value is -2.97. The second-order valence-corrected chi connectivity index (χ2v) is 6.28. The van der Waals surface area contributed by atoms with Gasteiger partial charge in [0.2, 0.25) is 5.78 Å². The zero-order valence-electron chi connectivity index (χ0n) is 14.6. The summed E-state index contributed by atoms with van der Waals surface area (Å²) in [5.41, 5.74) is 2.47. The zero-order valence-corrected chi connectivity index (χ0v) is 15.5. The maximum absolute atomic E-state index is 12.2. The number of hydrogen-bond donors (Lipinski definition) is 2. The van der Waals surface area contributed by atoms with E-state index >= 15 is 0 Å². The minimum absolute atomic E-state index is 0.0294. The van der Waals surface area contributed by atoms with Gasteiger partial charge >= 0.3 is 6.16 Å². The third kappa shape index (κ3) is 6.36. The lowest BCUT2D eigenvalue weighted by atomic mass is 10.1. The minimum Gasteiger partial charge on any atom is -0.491 e. The number of ether oxygens (including phenoxy) is 2. The molecule has 2 aromatic rings. The molecule has 2 rings (SSSR count). The number of methoxy groups -OCH3 is 1. The van der Waals surface area contributed by atoms with E-state index < -0.39 is 11.9 Å². The summed E-state index contributed by atoms with van der Waals surface area (Å²) < 4.78 is 9.60. The monoisotopic (exact) mass is 389 g/mol. The summed E-state index contributed by atoms with van der Waals surface area (Å²) in [5, 5.41) is 8.75. The van der Waals surface area contributed by atoms with Crippen LogP contribution in [0.5, 0.6) is 5.75 Å². The van der Waals surface area contributed by atoms with Gasteiger partial charge in [-0.2, -0.15) is 0 Å². The van der Waals surface area contributed by atoms with Crippen LogP contribution in [0.25, 0.3) is 0 Å². The molecule has 0 spiro atoms. The van der Waals surface area contributed by atoms with Crippen LogP contribution in [0.2, 0.25) is 0 Å². The molecule has 0 aliphatic heterocycles. The summed E-state index contributed by atoms with van der Waals surface area (Å²) in [4.78, 5) is 29.5. The summed E-state index contributed by atoms with van der Waals surface area (Å²) in [6.07, 6.45) is -0.969. The number of carbonyl (C=O) groups excluding carboxylic acids is 2. The fourth-order valence-electron chi connectivity index (χ4n) is 1.94. The Labute approximate surface area is 160 Å². The molecule has 0 aliphatic carbocycles. The Morgan fingerprint density at radius 2 is 1.67 bits per heavy atom. The maximum atomic E-state index is 12.2. The van der Waals surface area contributed by atoms with Crippen molar-refractivity contribution < 1.29 is 29.0 Å². The standard InChI is InChI=1S/C19H19NO6S/c1-13(20-26-19(23)24-2)18(22)14-3-7-16(8-4-14)27-17-9-5-15(6-10-17)25-12-11-21/h3-10,20-21H,1,11-12H2,2H3. The summed E-state index contributed by atoms with van der Waals surface area (Å²) in [6.45, 7) is 3.76. The molecular formula is C19H19NO6S. The molecule has 0 saturated carbocycles. The van der Waals surface area contributed by atoms with E-state index in [0.29, 0.717) is 11.3 Å². The molecule has 0 radical (unpaired) electrons. The highest BCUT2D eigenvalue weighted by molar-refractivity contribution is 7.99. The van der Waals surface area contributed by atoms with Crippen molar-refractivity contribution in [3.63, 3.8) is 0 Å². The number of carbonyl (C=O) groups is 2. The van der Waals surface area contributed by atoms with E-state index in [9.17, 15) is 9.59 Å². The predicted molar refractivity (Wildman–Crippen MR) is 99.7 cm³/mol. The van der Waals surface area contributed by atoms with E-state index in [4.69, 9.17) is 9.84 Å². The van der Waals surface area contributed by atoms with E-state index in [1.807, 2.05) is 36.4 Å². The number of allylic oxidation sites excluding steroid dienone is 1. The van der Waals surface area contributed by atoms with Gasteiger partial charge in [0.15, 0.2) is 0 Å². The van der Waals surface area contributed by atoms with Gasteiger partial charge in [0.25, 0.3) is 0 Å². The van der Waals surface area contributed by atoms with Crippen molar-refractivity contribution >= 4 is 23.7 Å². The van der Waals surface area contributed by atoms with E-state index in [1.54, 1.807) is 12.1 Å². The summed E-state index contributed by atoms with van der Waals surface area (Å²) in [7, 11) is 1.15. The number of aliphatic hydroxyl groups is 1. The smallest absolute Gasteiger partial charge is 0.491 e. The number of hydrogen-bond acceptors (Lipinski definition) is 8. The first kappa shape index (κ1) is 20.3. The second kappa shape index (κ2) is 10.2. The van der Waals surface area contributed by atoms with Crippen LogP contribution in [0.15, 0.2) is 70.6 Å². The van der Waals surface area contributed by atoms with Gasteiger partial charge in [0.1, 0.15) is 18.1 Å². The van der Waals surface area contributed by atoms with Crippen molar-refractivity contribution in [1.82, 2.24) is 5.48 Å². The van der Waals surface area contributed by atoms with Gasteiger partial charge in [-0.3, -0.25) is 4.79 Å². The number of nitrogens with one attached hydrogen (secondary N) is 1. The molecule has 27 heavy (non-hydrogen) atoms. The van der Waals surface area contributed by atoms with Crippen LogP contribution in [0.4, 0.5) is 4.79 Å². The molecule has 8 heteroatoms. The molecule has 0 atom stereocenters. The van der Waals surface area contributed by atoms with Gasteiger partial charge in [0.05, 0.1) is 13.7 Å². The second-order valence-electron chi connectivity index (χ2n) is 5.14. The lowest BCUT2D eigenvalue weighted by molar-refractivity contribution is 0.0400. The van der Waals surface area contributed by atoms with Gasteiger partial charge in [-0.25, -0.2) is 10.3 Å². The SMILES string of the molecule is C=C(NOC(=O)OC)C(=O)c1ccc(Sc2ccc(OCCO)cc2)cc1. The Morgan fingerprint density at radius 3 is 2.22 bits per heavy atom. The van der Waals surface area contributed by atoms with Crippen molar-refractivity contribution in [2.75, 3.05) is 20.3 Å². The lowest BCUT2D eigenvalue weighted by Crippen LogP contribution is -2.23. The lowest BCUT2D eigenvalue weighted by Gasteiger charge is -2.08. The number of hydroxylamine groups is 1. The number of ketones is 1. The molecule has 2 N–H and O–H groups in total. The molecule has 0 aliphatic rings. The van der Waals surface area contributed by atoms with Crippen LogP contribution in [-0.4, -0.2) is 37.4 Å². The first-order chi connectivity index (χ1) is 13.0. The normalized spacial score (nSPS) is 10.0. The fourth-order valence-corrected chi connectivity index (χ4v) is 2.76. The molecule has 7 nitrogen and oxygen atoms in total. The minimum atomic E-state index is -0.969. The van der Waals surface area contributed by atoms with E-state index in [0.717, 1.165) is 16.9 Å². The van der Waals surface area contributed by atoms with Gasteiger partial charge in [-0.15, -0.1) is 0 Å². The van der Waals surface area contributed by atoms with Gasteiger partial charge in [0, 0.05) is 15.4 Å². The Kier molecular flexibility index (Phi) is 7.72. The quantitative estimate of drug-likeness (QED) is 0.292. The van der Waals surface area contributed by atoms with Crippen LogP contribution < -0.4 is 10.2 Å². The van der Waals surface area contributed by atoms with Crippen molar-refractivity contribution in [3.8, 4) is 5.75 Å². The molecule has 0 saturated heterocycles. The number of Topliss-reactive ketones (excluding diaryl/α,β-unsaturated/α-hetero) is 1. The third-order valence-corrected chi connectivity index (χ3v) is 4.25. The highest BCUT2D eigenvalue weighted by Crippen LogP contribution is 2.29. The van der Waals surface area contributed by atoms with Gasteiger partial charge in [-0.05, 0) is 48.5 Å². The number of rotatable bonds is 9. The number of aliphatic hydroxyl groups excluding tert-OH is 1. The number of benzene rings is 2. The van der Waals surface area contributed by atoms with Crippen molar-refractivity contribution in [2.24, 2.45) is 0 Å². The molecular weight excluding hydrogens is 370 g/mol. The average Bonchev–Trinajstić information content (AvgIpc) is 2.71. The molecule has 2 aromatic carbocycles. The van der Waals surface area contributed by atoms with Gasteiger partial charge in [-0.1, -0.05) is 18.3 Å². The van der Waals surface area contributed by atoms with Crippen LogP contribution in [0.1, 0.15) is 10.4 Å². The molecule has 0 aromatic heterocycles. The summed E-state index contributed by atoms with van der Waals surface area (Å²) in [6, 6.07) is 14.4. The summed E-state index contributed by atoms with van der Waals surface area (Å²) in [5.74, 6) is 0.287. The van der Waals surface area contributed by atoms with E-state index in [2.05, 4.69) is 21.6 Å². The van der Waals surface area contributed by atoms with Crippen molar-refractivity contribution in [2.45, 2.75) is 9.79 Å². The largest absolute Gasteiger partial charge is 0.532 e. The Bertz CT molecular complexity index is 789. The topological polar surface area (TPSA) is 94.1 Å². The average molecular weight is 389 g/mol. The molecule has 0 unspecified atom stereocenters. The van der Waals surface area contributed by atoms with Crippen molar-refractivity contribution in [1.29, 1.82) is 0 Å². The van der Waals surface area contributed by atoms with Crippen LogP contribution in [0.3, 0.4) is 0 Å².